The Bertz CT molecular complexity index is 651. The van der Waals surface area contributed by atoms with Gasteiger partial charge < -0.3 is 14.2 Å². The van der Waals surface area contributed by atoms with Crippen LogP contribution < -0.4 is 0 Å². The van der Waals surface area contributed by atoms with Crippen LogP contribution in [0.15, 0.2) is 23.8 Å². The molecule has 2 fully saturated rings. The van der Waals surface area contributed by atoms with Gasteiger partial charge >= 0.3 is 11.9 Å². The third-order valence-electron chi connectivity index (χ3n) is 6.40. The molecule has 3 rings (SSSR count). The van der Waals surface area contributed by atoms with Gasteiger partial charge in [0, 0.05) is 18.4 Å². The van der Waals surface area contributed by atoms with Crippen LogP contribution in [0.3, 0.4) is 0 Å². The minimum Gasteiger partial charge on any atom is -0.458 e. The number of rotatable bonds is 1. The lowest BCUT2D eigenvalue weighted by molar-refractivity contribution is -0.165. The van der Waals surface area contributed by atoms with Gasteiger partial charge in [0.2, 0.25) is 0 Å². The van der Waals surface area contributed by atoms with E-state index in [-0.39, 0.29) is 35.5 Å². The minimum absolute atomic E-state index is 0.0844. The van der Waals surface area contributed by atoms with E-state index in [9.17, 15) is 9.59 Å². The van der Waals surface area contributed by atoms with Crippen LogP contribution >= 0.6 is 0 Å². The lowest BCUT2D eigenvalue weighted by Crippen LogP contribution is -2.40. The van der Waals surface area contributed by atoms with Crippen molar-refractivity contribution in [3.8, 4) is 0 Å². The molecule has 2 heterocycles. The number of esters is 2. The molecule has 0 aromatic carbocycles. The lowest BCUT2D eigenvalue weighted by atomic mass is 9.81. The molecule has 0 N–H and O–H groups in total. The zero-order valence-corrected chi connectivity index (χ0v) is 17.0. The first-order valence-corrected chi connectivity index (χ1v) is 10.1. The number of carbonyl (C=O) groups excluding carboxylic acids is 2. The number of hydrogen-bond donors (Lipinski definition) is 0. The molecule has 0 aromatic heterocycles. The molecular weight excluding hydrogens is 344 g/mol. The minimum atomic E-state index is -0.475. The van der Waals surface area contributed by atoms with Gasteiger partial charge in [-0.1, -0.05) is 25.2 Å². The molecule has 6 atom stereocenters. The molecule has 5 heteroatoms. The van der Waals surface area contributed by atoms with Crippen LogP contribution in [0.1, 0.15) is 66.2 Å². The summed E-state index contributed by atoms with van der Waals surface area (Å²) in [7, 11) is 0. The Balaban J connectivity index is 1.86. The summed E-state index contributed by atoms with van der Waals surface area (Å²) in [6.45, 7) is 11.8. The highest BCUT2D eigenvalue weighted by atomic mass is 16.6. The molecule has 0 saturated carbocycles. The summed E-state index contributed by atoms with van der Waals surface area (Å²) in [5, 5.41) is 0. The highest BCUT2D eigenvalue weighted by Crippen LogP contribution is 2.48. The highest BCUT2D eigenvalue weighted by molar-refractivity contribution is 5.91. The molecule has 0 radical (unpaired) electrons. The summed E-state index contributed by atoms with van der Waals surface area (Å²) in [5.41, 5.74) is 1.72. The second kappa shape index (κ2) is 7.78. The Labute approximate surface area is 162 Å². The molecule has 2 saturated heterocycles. The van der Waals surface area contributed by atoms with E-state index in [0.717, 1.165) is 32.1 Å². The molecule has 0 bridgehead atoms. The van der Waals surface area contributed by atoms with E-state index in [0.29, 0.717) is 12.0 Å². The highest BCUT2D eigenvalue weighted by Gasteiger charge is 2.56. The third kappa shape index (κ3) is 4.45. The van der Waals surface area contributed by atoms with Crippen LogP contribution in [0.2, 0.25) is 0 Å². The zero-order valence-electron chi connectivity index (χ0n) is 17.0. The number of fused-ring (bicyclic) bond motifs is 2. The van der Waals surface area contributed by atoms with Crippen molar-refractivity contribution in [2.45, 2.75) is 90.1 Å². The number of hydrogen-bond acceptors (Lipinski definition) is 5. The number of carbonyl (C=O) groups is 2. The molecular formula is C22H32O5. The summed E-state index contributed by atoms with van der Waals surface area (Å²) in [4.78, 5) is 24.0. The third-order valence-corrected chi connectivity index (χ3v) is 6.40. The average Bonchev–Trinajstić information content (AvgIpc) is 3.14. The normalized spacial score (nSPS) is 42.1. The number of epoxide rings is 1. The molecule has 1 aliphatic carbocycles. The monoisotopic (exact) mass is 376 g/mol. The van der Waals surface area contributed by atoms with Crippen molar-refractivity contribution in [3.63, 3.8) is 0 Å². The van der Waals surface area contributed by atoms with Gasteiger partial charge in [-0.2, -0.15) is 0 Å². The van der Waals surface area contributed by atoms with E-state index in [1.807, 2.05) is 0 Å². The molecule has 0 spiro atoms. The van der Waals surface area contributed by atoms with Crippen LogP contribution in [-0.4, -0.2) is 35.9 Å². The first-order valence-electron chi connectivity index (χ1n) is 10.1. The van der Waals surface area contributed by atoms with E-state index < -0.39 is 12.2 Å². The van der Waals surface area contributed by atoms with Gasteiger partial charge in [-0.05, 0) is 58.3 Å². The molecule has 3 aliphatic rings. The van der Waals surface area contributed by atoms with Gasteiger partial charge in [0.25, 0.3) is 0 Å². The van der Waals surface area contributed by atoms with E-state index in [1.165, 1.54) is 12.5 Å². The summed E-state index contributed by atoms with van der Waals surface area (Å²) in [6, 6.07) is 0. The van der Waals surface area contributed by atoms with Crippen molar-refractivity contribution in [2.75, 3.05) is 0 Å². The molecule has 0 unspecified atom stereocenters. The zero-order chi connectivity index (χ0) is 19.8. The smallest absolute Gasteiger partial charge is 0.334 e. The number of allylic oxidation sites excluding steroid dienone is 2. The summed E-state index contributed by atoms with van der Waals surface area (Å²) < 4.78 is 17.3. The van der Waals surface area contributed by atoms with Crippen LogP contribution in [0.4, 0.5) is 0 Å². The first kappa shape index (κ1) is 20.1. The standard InChI is InChI=1S/C22H32O5/c1-13-8-6-10-14(2)19(25-16(4)23)20-17(15(3)21(24)26-20)12-18-22(5,27-18)11-7-9-13/h9,14,17-20H,3,6-8,10-12H2,1-2,4-5H3/b13-9+/t14-,17-,18-,19+,20+,22+/m0/s1. The second-order valence-electron chi connectivity index (χ2n) is 8.69. The maximum atomic E-state index is 12.3. The van der Waals surface area contributed by atoms with Gasteiger partial charge in [0.15, 0.2) is 0 Å². The summed E-state index contributed by atoms with van der Waals surface area (Å²) in [6.07, 6.45) is 7.08. The molecule has 0 amide bonds. The van der Waals surface area contributed by atoms with Crippen LogP contribution in [-0.2, 0) is 23.8 Å². The maximum Gasteiger partial charge on any atom is 0.334 e. The van der Waals surface area contributed by atoms with Gasteiger partial charge in [-0.25, -0.2) is 4.79 Å². The molecule has 5 nitrogen and oxygen atoms in total. The van der Waals surface area contributed by atoms with Gasteiger partial charge in [0.1, 0.15) is 12.2 Å². The fourth-order valence-corrected chi connectivity index (χ4v) is 4.52. The van der Waals surface area contributed by atoms with Crippen LogP contribution in [0, 0.1) is 11.8 Å². The van der Waals surface area contributed by atoms with Crippen molar-refractivity contribution in [3.05, 3.63) is 23.8 Å². The Hall–Kier alpha value is -1.62. The summed E-state index contributed by atoms with van der Waals surface area (Å²) >= 11 is 0. The van der Waals surface area contributed by atoms with E-state index >= 15 is 0 Å². The molecule has 0 aromatic rings. The van der Waals surface area contributed by atoms with Crippen molar-refractivity contribution < 1.29 is 23.8 Å². The van der Waals surface area contributed by atoms with Crippen LogP contribution in [0.25, 0.3) is 0 Å². The van der Waals surface area contributed by atoms with E-state index in [2.05, 4.69) is 33.4 Å². The van der Waals surface area contributed by atoms with Gasteiger partial charge in [0.05, 0.1) is 11.7 Å². The first-order chi connectivity index (χ1) is 12.7. The summed E-state index contributed by atoms with van der Waals surface area (Å²) in [5.74, 6) is -0.791. The lowest BCUT2D eigenvalue weighted by Gasteiger charge is -2.31. The van der Waals surface area contributed by atoms with Gasteiger partial charge in [-0.3, -0.25) is 4.79 Å². The SMILES string of the molecule is C=C1C(=O)O[C@H]2[C@H](OC(C)=O)[C@@H](C)CCC/C(C)=C/CC[C@@]3(C)O[C@H]3C[C@@H]12. The van der Waals surface area contributed by atoms with Crippen molar-refractivity contribution in [2.24, 2.45) is 11.8 Å². The van der Waals surface area contributed by atoms with Crippen LogP contribution in [0.5, 0.6) is 0 Å². The quantitative estimate of drug-likeness (QED) is 0.298. The van der Waals surface area contributed by atoms with Crippen molar-refractivity contribution in [1.82, 2.24) is 0 Å². The Morgan fingerprint density at radius 3 is 2.85 bits per heavy atom. The predicted octanol–water partition coefficient (Wildman–Crippen LogP) is 4.11. The molecule has 27 heavy (non-hydrogen) atoms. The van der Waals surface area contributed by atoms with Crippen molar-refractivity contribution >= 4 is 11.9 Å². The number of ether oxygens (including phenoxy) is 3. The average molecular weight is 376 g/mol. The molecule has 150 valence electrons. The maximum absolute atomic E-state index is 12.3. The van der Waals surface area contributed by atoms with Crippen molar-refractivity contribution in [1.29, 1.82) is 0 Å². The second-order valence-corrected chi connectivity index (χ2v) is 8.69. The Kier molecular flexibility index (Phi) is 5.80. The van der Waals surface area contributed by atoms with E-state index in [1.54, 1.807) is 0 Å². The fraction of sp³-hybridized carbons (Fsp3) is 0.727. The Morgan fingerprint density at radius 2 is 2.15 bits per heavy atom. The topological polar surface area (TPSA) is 65.1 Å². The Morgan fingerprint density at radius 1 is 1.41 bits per heavy atom. The van der Waals surface area contributed by atoms with Gasteiger partial charge in [-0.15, -0.1) is 0 Å². The largest absolute Gasteiger partial charge is 0.458 e. The predicted molar refractivity (Wildman–Crippen MR) is 102 cm³/mol. The molecule has 2 aliphatic heterocycles. The fourth-order valence-electron chi connectivity index (χ4n) is 4.52. The van der Waals surface area contributed by atoms with E-state index in [4.69, 9.17) is 14.2 Å².